The van der Waals surface area contributed by atoms with Crippen LogP contribution in [0, 0.1) is 0 Å². The first kappa shape index (κ1) is 18.1. The van der Waals surface area contributed by atoms with Gasteiger partial charge in [0.1, 0.15) is 5.69 Å². The zero-order chi connectivity index (χ0) is 18.9. The van der Waals surface area contributed by atoms with Gasteiger partial charge in [-0.1, -0.05) is 6.07 Å². The third-order valence-electron chi connectivity index (χ3n) is 3.45. The van der Waals surface area contributed by atoms with Crippen molar-refractivity contribution >= 4 is 27.1 Å². The van der Waals surface area contributed by atoms with Gasteiger partial charge in [0.25, 0.3) is 0 Å². The monoisotopic (exact) mass is 376 g/mol. The van der Waals surface area contributed by atoms with Crippen molar-refractivity contribution in [3.63, 3.8) is 0 Å². The zero-order valence-electron chi connectivity index (χ0n) is 15.0. The molecule has 0 radical (unpaired) electrons. The van der Waals surface area contributed by atoms with Crippen LogP contribution in [0.15, 0.2) is 24.4 Å². The predicted octanol–water partition coefficient (Wildman–Crippen LogP) is 2.24. The maximum atomic E-state index is 11.5. The van der Waals surface area contributed by atoms with Crippen LogP contribution in [0.3, 0.4) is 0 Å². The number of anilines is 1. The van der Waals surface area contributed by atoms with Gasteiger partial charge in [0.05, 0.1) is 19.1 Å². The molecule has 0 unspecified atom stereocenters. The Balaban J connectivity index is 2.17. The van der Waals surface area contributed by atoms with Gasteiger partial charge >= 0.3 is 0 Å². The van der Waals surface area contributed by atoms with Crippen LogP contribution in [0.25, 0.3) is 22.8 Å². The van der Waals surface area contributed by atoms with Crippen LogP contribution in [0.4, 0.5) is 5.82 Å². The van der Waals surface area contributed by atoms with Gasteiger partial charge in [0.2, 0.25) is 15.9 Å². The van der Waals surface area contributed by atoms with Crippen molar-refractivity contribution in [2.24, 2.45) is 0 Å². The minimum Gasteiger partial charge on any atom is -0.478 e. The minimum absolute atomic E-state index is 0.00957. The van der Waals surface area contributed by atoms with Crippen molar-refractivity contribution in [3.8, 4) is 17.4 Å². The molecule has 10 heteroatoms. The second kappa shape index (κ2) is 6.87. The van der Waals surface area contributed by atoms with Crippen molar-refractivity contribution in [1.29, 1.82) is 0 Å². The molecular weight excluding hydrogens is 356 g/mol. The summed E-state index contributed by atoms with van der Waals surface area (Å²) in [4.78, 5) is 17.6. The van der Waals surface area contributed by atoms with Gasteiger partial charge in [-0.15, -0.1) is 0 Å². The number of nitrogens with zero attached hydrogens (tertiary/aromatic N) is 5. The Hall–Kier alpha value is -2.75. The summed E-state index contributed by atoms with van der Waals surface area (Å²) < 4.78 is 32.6. The third-order valence-corrected chi connectivity index (χ3v) is 4.03. The number of fused-ring (bicyclic) bond motifs is 1. The van der Waals surface area contributed by atoms with Crippen LogP contribution in [0.1, 0.15) is 26.8 Å². The van der Waals surface area contributed by atoms with E-state index in [4.69, 9.17) is 4.74 Å². The number of aromatic nitrogens is 5. The van der Waals surface area contributed by atoms with Gasteiger partial charge < -0.3 is 9.30 Å². The summed E-state index contributed by atoms with van der Waals surface area (Å²) in [6.07, 6.45) is 2.40. The van der Waals surface area contributed by atoms with E-state index < -0.39 is 10.0 Å². The molecule has 0 aromatic carbocycles. The molecule has 0 aliphatic heterocycles. The lowest BCUT2D eigenvalue weighted by atomic mass is 10.3. The number of ether oxygens (including phenoxy) is 1. The zero-order valence-corrected chi connectivity index (χ0v) is 15.8. The quantitative estimate of drug-likeness (QED) is 0.702. The van der Waals surface area contributed by atoms with Crippen LogP contribution >= 0.6 is 0 Å². The number of hydrogen-bond donors (Lipinski definition) is 1. The smallest absolute Gasteiger partial charge is 0.231 e. The van der Waals surface area contributed by atoms with E-state index >= 15 is 0 Å². The molecule has 3 aromatic rings. The number of sulfonamides is 1. The van der Waals surface area contributed by atoms with Crippen LogP contribution in [0.5, 0.6) is 5.88 Å². The van der Waals surface area contributed by atoms with Gasteiger partial charge in [-0.25, -0.2) is 28.4 Å². The molecule has 0 aliphatic carbocycles. The molecule has 0 spiro atoms. The molecule has 0 amide bonds. The van der Waals surface area contributed by atoms with E-state index in [1.54, 1.807) is 6.07 Å². The summed E-state index contributed by atoms with van der Waals surface area (Å²) in [5.74, 6) is 1.24. The highest BCUT2D eigenvalue weighted by Crippen LogP contribution is 2.27. The number of rotatable bonds is 6. The molecule has 3 aromatic heterocycles. The van der Waals surface area contributed by atoms with E-state index in [2.05, 4.69) is 24.7 Å². The second-order valence-electron chi connectivity index (χ2n) is 5.97. The fourth-order valence-electron chi connectivity index (χ4n) is 2.54. The number of nitrogens with one attached hydrogen (secondary N) is 1. The molecule has 26 heavy (non-hydrogen) atoms. The second-order valence-corrected chi connectivity index (χ2v) is 7.72. The predicted molar refractivity (Wildman–Crippen MR) is 98.6 cm³/mol. The van der Waals surface area contributed by atoms with Gasteiger partial charge in [0, 0.05) is 12.1 Å². The topological polar surface area (TPSA) is 112 Å². The fraction of sp³-hybridized carbons (Fsp3) is 0.375. The average Bonchev–Trinajstić information content (AvgIpc) is 2.93. The molecule has 0 saturated carbocycles. The van der Waals surface area contributed by atoms with Crippen molar-refractivity contribution in [2.75, 3.05) is 17.6 Å². The lowest BCUT2D eigenvalue weighted by Gasteiger charge is -2.12. The highest BCUT2D eigenvalue weighted by molar-refractivity contribution is 7.92. The summed E-state index contributed by atoms with van der Waals surface area (Å²) in [5.41, 5.74) is 1.52. The highest BCUT2D eigenvalue weighted by atomic mass is 32.2. The van der Waals surface area contributed by atoms with Crippen molar-refractivity contribution < 1.29 is 13.2 Å². The van der Waals surface area contributed by atoms with Crippen LogP contribution in [-0.4, -0.2) is 45.8 Å². The van der Waals surface area contributed by atoms with Crippen LogP contribution in [0.2, 0.25) is 0 Å². The number of imidazole rings is 1. The molecule has 0 fully saturated rings. The number of pyridine rings is 1. The molecule has 0 bridgehead atoms. The Morgan fingerprint density at radius 3 is 2.65 bits per heavy atom. The molecule has 3 rings (SSSR count). The first-order valence-corrected chi connectivity index (χ1v) is 10.0. The minimum atomic E-state index is -3.45. The van der Waals surface area contributed by atoms with E-state index in [9.17, 15) is 8.42 Å². The SMILES string of the molecule is CCOc1cccc(-c2nc3ncc(NS(C)(=O)=O)nc3n2C(C)C)n1. The third kappa shape index (κ3) is 3.74. The summed E-state index contributed by atoms with van der Waals surface area (Å²) in [5, 5.41) is 0. The van der Waals surface area contributed by atoms with E-state index in [1.807, 2.05) is 37.5 Å². The van der Waals surface area contributed by atoms with Crippen LogP contribution in [-0.2, 0) is 10.0 Å². The Morgan fingerprint density at radius 1 is 1.23 bits per heavy atom. The molecule has 9 nitrogen and oxygen atoms in total. The maximum Gasteiger partial charge on any atom is 0.231 e. The van der Waals surface area contributed by atoms with Gasteiger partial charge in [-0.2, -0.15) is 0 Å². The Labute approximate surface area is 151 Å². The number of hydrogen-bond acceptors (Lipinski definition) is 7. The summed E-state index contributed by atoms with van der Waals surface area (Å²) in [6, 6.07) is 5.46. The Bertz CT molecular complexity index is 1050. The summed E-state index contributed by atoms with van der Waals surface area (Å²) >= 11 is 0. The highest BCUT2D eigenvalue weighted by Gasteiger charge is 2.19. The van der Waals surface area contributed by atoms with Crippen molar-refractivity contribution in [2.45, 2.75) is 26.8 Å². The largest absolute Gasteiger partial charge is 0.478 e. The molecule has 0 atom stereocenters. The Morgan fingerprint density at radius 2 is 2.00 bits per heavy atom. The lowest BCUT2D eigenvalue weighted by molar-refractivity contribution is 0.327. The first-order valence-electron chi connectivity index (χ1n) is 8.11. The Kier molecular flexibility index (Phi) is 4.77. The average molecular weight is 376 g/mol. The lowest BCUT2D eigenvalue weighted by Crippen LogP contribution is -2.12. The molecule has 3 heterocycles. The molecule has 138 valence electrons. The van der Waals surface area contributed by atoms with Gasteiger partial charge in [-0.05, 0) is 26.8 Å². The first-order chi connectivity index (χ1) is 12.3. The van der Waals surface area contributed by atoms with E-state index in [-0.39, 0.29) is 11.9 Å². The van der Waals surface area contributed by atoms with Gasteiger partial charge in [-0.3, -0.25) is 4.72 Å². The maximum absolute atomic E-state index is 11.5. The standard InChI is InChI=1S/C16H20N6O3S/c1-5-25-13-8-6-7-11(18-13)15-20-14-16(22(15)10(2)3)19-12(9-17-14)21-26(4,23)24/h6-10H,5H2,1-4H3,(H,19,21). The molecular formula is C16H20N6O3S. The van der Waals surface area contributed by atoms with Gasteiger partial charge in [0.15, 0.2) is 22.9 Å². The summed E-state index contributed by atoms with van der Waals surface area (Å²) in [7, 11) is -3.45. The fourth-order valence-corrected chi connectivity index (χ4v) is 3.02. The van der Waals surface area contributed by atoms with E-state index in [0.717, 1.165) is 6.26 Å². The van der Waals surface area contributed by atoms with Crippen LogP contribution < -0.4 is 9.46 Å². The van der Waals surface area contributed by atoms with Crippen molar-refractivity contribution in [3.05, 3.63) is 24.4 Å². The molecule has 0 saturated heterocycles. The molecule has 0 aliphatic rings. The van der Waals surface area contributed by atoms with E-state index in [0.29, 0.717) is 35.3 Å². The summed E-state index contributed by atoms with van der Waals surface area (Å²) in [6.45, 7) is 6.37. The van der Waals surface area contributed by atoms with E-state index in [1.165, 1.54) is 6.20 Å². The normalized spacial score (nSPS) is 11.9. The van der Waals surface area contributed by atoms with Crippen molar-refractivity contribution in [1.82, 2.24) is 24.5 Å². The molecule has 1 N–H and O–H groups in total.